The first-order chi connectivity index (χ1) is 4.95. The second-order valence-corrected chi connectivity index (χ2v) is 4.40. The summed E-state index contributed by atoms with van der Waals surface area (Å²) in [5, 5.41) is 0. The lowest BCUT2D eigenvalue weighted by molar-refractivity contribution is 0.309. The molecule has 0 aromatic heterocycles. The standard InChI is InChI=1S/C10H23N/c1-7(2)6-10(11)9(5)8(3)4/h7-10H,6,11H2,1-5H3/t9?,10-/m1/s1. The lowest BCUT2D eigenvalue weighted by Gasteiger charge is -2.24. The molecule has 2 N–H and O–H groups in total. The van der Waals surface area contributed by atoms with Crippen LogP contribution in [0.25, 0.3) is 0 Å². The molecule has 1 heteroatoms. The first kappa shape index (κ1) is 11.0. The van der Waals surface area contributed by atoms with E-state index in [0.717, 1.165) is 12.3 Å². The molecule has 0 aliphatic carbocycles. The average molecular weight is 157 g/mol. The van der Waals surface area contributed by atoms with Gasteiger partial charge in [0.05, 0.1) is 0 Å². The highest BCUT2D eigenvalue weighted by atomic mass is 14.6. The number of hydrogen-bond donors (Lipinski definition) is 1. The van der Waals surface area contributed by atoms with Crippen LogP contribution in [-0.2, 0) is 0 Å². The quantitative estimate of drug-likeness (QED) is 0.667. The van der Waals surface area contributed by atoms with Gasteiger partial charge in [-0.15, -0.1) is 0 Å². The molecule has 1 nitrogen and oxygen atoms in total. The minimum absolute atomic E-state index is 0.384. The molecule has 2 atom stereocenters. The Kier molecular flexibility index (Phi) is 4.74. The summed E-state index contributed by atoms with van der Waals surface area (Å²) < 4.78 is 0. The maximum absolute atomic E-state index is 6.02. The highest BCUT2D eigenvalue weighted by molar-refractivity contribution is 4.72. The van der Waals surface area contributed by atoms with Gasteiger partial charge in [-0.1, -0.05) is 34.6 Å². The van der Waals surface area contributed by atoms with Gasteiger partial charge in [0.15, 0.2) is 0 Å². The minimum atomic E-state index is 0.384. The molecule has 0 aromatic rings. The van der Waals surface area contributed by atoms with E-state index in [4.69, 9.17) is 5.73 Å². The zero-order chi connectivity index (χ0) is 9.02. The van der Waals surface area contributed by atoms with Crippen molar-refractivity contribution in [3.05, 3.63) is 0 Å². The Balaban J connectivity index is 3.73. The van der Waals surface area contributed by atoms with E-state index in [1.165, 1.54) is 0 Å². The molecule has 0 heterocycles. The van der Waals surface area contributed by atoms with Gasteiger partial charge in [-0.2, -0.15) is 0 Å². The maximum atomic E-state index is 6.02. The van der Waals surface area contributed by atoms with Gasteiger partial charge < -0.3 is 5.73 Å². The Labute approximate surface area is 71.4 Å². The van der Waals surface area contributed by atoms with E-state index in [0.29, 0.717) is 17.9 Å². The molecule has 1 unspecified atom stereocenters. The highest BCUT2D eigenvalue weighted by Crippen LogP contribution is 2.17. The smallest absolute Gasteiger partial charge is 0.00694 e. The summed E-state index contributed by atoms with van der Waals surface area (Å²) in [6.45, 7) is 11.2. The van der Waals surface area contributed by atoms with Crippen molar-refractivity contribution < 1.29 is 0 Å². The van der Waals surface area contributed by atoms with E-state index in [1.807, 2.05) is 0 Å². The monoisotopic (exact) mass is 157 g/mol. The summed E-state index contributed by atoms with van der Waals surface area (Å²) in [7, 11) is 0. The van der Waals surface area contributed by atoms with Crippen molar-refractivity contribution in [3.8, 4) is 0 Å². The van der Waals surface area contributed by atoms with Crippen molar-refractivity contribution in [1.29, 1.82) is 0 Å². The third-order valence-electron chi connectivity index (χ3n) is 2.47. The number of nitrogens with two attached hydrogens (primary N) is 1. The summed E-state index contributed by atoms with van der Waals surface area (Å²) in [6, 6.07) is 0.384. The summed E-state index contributed by atoms with van der Waals surface area (Å²) in [5.74, 6) is 2.09. The van der Waals surface area contributed by atoms with Crippen LogP contribution in [0.2, 0.25) is 0 Å². The van der Waals surface area contributed by atoms with Crippen molar-refractivity contribution in [3.63, 3.8) is 0 Å². The van der Waals surface area contributed by atoms with E-state index in [-0.39, 0.29) is 0 Å². The Morgan fingerprint density at radius 2 is 1.45 bits per heavy atom. The lowest BCUT2D eigenvalue weighted by atomic mass is 9.86. The zero-order valence-electron chi connectivity index (χ0n) is 8.59. The fourth-order valence-corrected chi connectivity index (χ4v) is 1.25. The first-order valence-electron chi connectivity index (χ1n) is 4.70. The average Bonchev–Trinajstić information content (AvgIpc) is 1.84. The van der Waals surface area contributed by atoms with E-state index in [1.54, 1.807) is 0 Å². The molecule has 0 fully saturated rings. The van der Waals surface area contributed by atoms with Crippen molar-refractivity contribution >= 4 is 0 Å². The highest BCUT2D eigenvalue weighted by Gasteiger charge is 2.16. The molecule has 0 saturated carbocycles. The molecule has 11 heavy (non-hydrogen) atoms. The Bertz CT molecular complexity index is 97.0. The number of hydrogen-bond acceptors (Lipinski definition) is 1. The topological polar surface area (TPSA) is 26.0 Å². The zero-order valence-corrected chi connectivity index (χ0v) is 8.59. The first-order valence-corrected chi connectivity index (χ1v) is 4.70. The van der Waals surface area contributed by atoms with E-state index >= 15 is 0 Å². The predicted molar refractivity (Wildman–Crippen MR) is 51.4 cm³/mol. The molecule has 0 saturated heterocycles. The van der Waals surface area contributed by atoms with Crippen LogP contribution in [0.5, 0.6) is 0 Å². The number of rotatable bonds is 4. The van der Waals surface area contributed by atoms with Crippen LogP contribution in [-0.4, -0.2) is 6.04 Å². The third kappa shape index (κ3) is 4.41. The van der Waals surface area contributed by atoms with Crippen LogP contribution >= 0.6 is 0 Å². The predicted octanol–water partition coefficient (Wildman–Crippen LogP) is 2.65. The Morgan fingerprint density at radius 1 is 1.00 bits per heavy atom. The second-order valence-electron chi connectivity index (χ2n) is 4.40. The molecule has 68 valence electrons. The Morgan fingerprint density at radius 3 is 1.73 bits per heavy atom. The van der Waals surface area contributed by atoms with Gasteiger partial charge >= 0.3 is 0 Å². The third-order valence-corrected chi connectivity index (χ3v) is 2.47. The van der Waals surface area contributed by atoms with Crippen LogP contribution in [0.3, 0.4) is 0 Å². The van der Waals surface area contributed by atoms with Crippen LogP contribution in [0, 0.1) is 17.8 Å². The molecule has 0 bridgehead atoms. The van der Waals surface area contributed by atoms with Gasteiger partial charge in [0.25, 0.3) is 0 Å². The van der Waals surface area contributed by atoms with Crippen molar-refractivity contribution in [2.45, 2.75) is 47.1 Å². The largest absolute Gasteiger partial charge is 0.327 e. The fourth-order valence-electron chi connectivity index (χ4n) is 1.25. The van der Waals surface area contributed by atoms with Gasteiger partial charge in [-0.3, -0.25) is 0 Å². The van der Waals surface area contributed by atoms with Gasteiger partial charge in [-0.05, 0) is 24.2 Å². The summed E-state index contributed by atoms with van der Waals surface area (Å²) in [6.07, 6.45) is 1.15. The molecule has 0 rings (SSSR count). The van der Waals surface area contributed by atoms with Crippen LogP contribution in [0.15, 0.2) is 0 Å². The van der Waals surface area contributed by atoms with Gasteiger partial charge in [0, 0.05) is 6.04 Å². The van der Waals surface area contributed by atoms with E-state index in [2.05, 4.69) is 34.6 Å². The Hall–Kier alpha value is -0.0400. The normalized spacial score (nSPS) is 17.5. The summed E-state index contributed by atoms with van der Waals surface area (Å²) in [5.41, 5.74) is 6.02. The van der Waals surface area contributed by atoms with Crippen molar-refractivity contribution in [2.24, 2.45) is 23.5 Å². The van der Waals surface area contributed by atoms with Crippen molar-refractivity contribution in [1.82, 2.24) is 0 Å². The van der Waals surface area contributed by atoms with Crippen LogP contribution in [0.1, 0.15) is 41.0 Å². The lowest BCUT2D eigenvalue weighted by Crippen LogP contribution is -2.32. The maximum Gasteiger partial charge on any atom is 0.00694 e. The second kappa shape index (κ2) is 4.76. The molecule has 0 aromatic carbocycles. The molecular weight excluding hydrogens is 134 g/mol. The van der Waals surface area contributed by atoms with Gasteiger partial charge in [-0.25, -0.2) is 0 Å². The van der Waals surface area contributed by atoms with E-state index in [9.17, 15) is 0 Å². The molecule has 0 aliphatic rings. The SMILES string of the molecule is CC(C)C[C@@H](N)C(C)C(C)C. The van der Waals surface area contributed by atoms with Crippen LogP contribution in [0.4, 0.5) is 0 Å². The van der Waals surface area contributed by atoms with Gasteiger partial charge in [0.2, 0.25) is 0 Å². The molecule has 0 spiro atoms. The molecular formula is C10H23N. The fraction of sp³-hybridized carbons (Fsp3) is 1.00. The minimum Gasteiger partial charge on any atom is -0.327 e. The van der Waals surface area contributed by atoms with Crippen molar-refractivity contribution in [2.75, 3.05) is 0 Å². The summed E-state index contributed by atoms with van der Waals surface area (Å²) in [4.78, 5) is 0. The molecule has 0 aliphatic heterocycles. The van der Waals surface area contributed by atoms with E-state index < -0.39 is 0 Å². The van der Waals surface area contributed by atoms with Gasteiger partial charge in [0.1, 0.15) is 0 Å². The van der Waals surface area contributed by atoms with Crippen LogP contribution < -0.4 is 5.73 Å². The summed E-state index contributed by atoms with van der Waals surface area (Å²) >= 11 is 0. The molecule has 0 radical (unpaired) electrons. The molecule has 0 amide bonds.